The van der Waals surface area contributed by atoms with Crippen molar-refractivity contribution in [2.75, 3.05) is 20.2 Å². The van der Waals surface area contributed by atoms with Crippen LogP contribution in [-0.4, -0.2) is 46.9 Å². The van der Waals surface area contributed by atoms with Gasteiger partial charge in [0.15, 0.2) is 0 Å². The van der Waals surface area contributed by atoms with Crippen LogP contribution >= 0.6 is 11.6 Å². The number of ether oxygens (including phenoxy) is 1. The van der Waals surface area contributed by atoms with E-state index in [0.29, 0.717) is 29.8 Å². The van der Waals surface area contributed by atoms with E-state index in [1.165, 1.54) is 7.11 Å². The summed E-state index contributed by atoms with van der Waals surface area (Å²) in [5, 5.41) is 7.10. The monoisotopic (exact) mass is 453 g/mol. The van der Waals surface area contributed by atoms with Crippen LogP contribution in [0.1, 0.15) is 36.9 Å². The first-order valence-electron chi connectivity index (χ1n) is 11.1. The van der Waals surface area contributed by atoms with Crippen LogP contribution in [-0.2, 0) is 22.5 Å². The lowest BCUT2D eigenvalue weighted by molar-refractivity contribution is -0.140. The van der Waals surface area contributed by atoms with E-state index in [-0.39, 0.29) is 17.6 Å². The number of methoxy groups -OCH3 is 1. The third-order valence-corrected chi connectivity index (χ3v) is 6.42. The Morgan fingerprint density at radius 2 is 1.91 bits per heavy atom. The van der Waals surface area contributed by atoms with Gasteiger partial charge < -0.3 is 4.74 Å². The predicted octanol–water partition coefficient (Wildman–Crippen LogP) is 4.06. The summed E-state index contributed by atoms with van der Waals surface area (Å²) >= 11 is 6.03. The molecule has 0 unspecified atom stereocenters. The minimum atomic E-state index is -0.181. The minimum Gasteiger partial charge on any atom is -0.469 e. The first-order chi connectivity index (χ1) is 15.5. The molecule has 0 saturated carbocycles. The highest BCUT2D eigenvalue weighted by atomic mass is 35.5. The Balaban J connectivity index is 1.58. The highest BCUT2D eigenvalue weighted by Gasteiger charge is 2.26. The summed E-state index contributed by atoms with van der Waals surface area (Å²) in [6.07, 6.45) is 3.91. The maximum Gasteiger partial charge on any atom is 0.305 e. The second-order valence-electron chi connectivity index (χ2n) is 8.29. The van der Waals surface area contributed by atoms with E-state index in [4.69, 9.17) is 21.4 Å². The molecule has 168 valence electrons. The molecule has 1 saturated heterocycles. The number of nitrogens with zero attached hydrogens (tertiary/aromatic N) is 3. The van der Waals surface area contributed by atoms with Gasteiger partial charge in [-0.3, -0.25) is 14.5 Å². The lowest BCUT2D eigenvalue weighted by Gasteiger charge is -2.25. The van der Waals surface area contributed by atoms with Gasteiger partial charge in [-0.2, -0.15) is 5.10 Å². The van der Waals surface area contributed by atoms with Gasteiger partial charge in [0.2, 0.25) is 0 Å². The number of carbonyl (C=O) groups excluding carboxylic acids is 1. The lowest BCUT2D eigenvalue weighted by Crippen LogP contribution is -2.38. The predicted molar refractivity (Wildman–Crippen MR) is 126 cm³/mol. The van der Waals surface area contributed by atoms with Crippen molar-refractivity contribution in [3.63, 3.8) is 0 Å². The van der Waals surface area contributed by atoms with Crippen LogP contribution < -0.4 is 5.56 Å². The average Bonchev–Trinajstić information content (AvgIpc) is 3.25. The molecule has 1 aromatic heterocycles. The molecule has 0 amide bonds. The first-order valence-corrected chi connectivity index (χ1v) is 11.5. The Kier molecular flexibility index (Phi) is 7.22. The molecule has 2 heterocycles. The Morgan fingerprint density at radius 3 is 2.66 bits per heavy atom. The van der Waals surface area contributed by atoms with Crippen LogP contribution in [0.25, 0.3) is 10.8 Å². The van der Waals surface area contributed by atoms with E-state index in [1.54, 1.807) is 4.68 Å². The molecule has 1 aliphatic heterocycles. The van der Waals surface area contributed by atoms with Gasteiger partial charge in [0.1, 0.15) is 0 Å². The molecule has 0 radical (unpaired) electrons. The van der Waals surface area contributed by atoms with Gasteiger partial charge in [0.05, 0.1) is 24.7 Å². The number of benzene rings is 2. The molecule has 1 atom stereocenters. The van der Waals surface area contributed by atoms with Gasteiger partial charge in [-0.15, -0.1) is 0 Å². The molecule has 32 heavy (non-hydrogen) atoms. The Hall–Kier alpha value is -2.70. The van der Waals surface area contributed by atoms with E-state index >= 15 is 0 Å². The fourth-order valence-electron chi connectivity index (χ4n) is 4.48. The molecule has 1 fully saturated rings. The number of hydrogen-bond acceptors (Lipinski definition) is 5. The highest BCUT2D eigenvalue weighted by Crippen LogP contribution is 2.21. The Morgan fingerprint density at radius 1 is 1.16 bits per heavy atom. The molecule has 0 bridgehead atoms. The van der Waals surface area contributed by atoms with E-state index in [9.17, 15) is 9.59 Å². The molecular weight excluding hydrogens is 426 g/mol. The topological polar surface area (TPSA) is 64.4 Å². The van der Waals surface area contributed by atoms with Crippen LogP contribution in [0.4, 0.5) is 0 Å². The van der Waals surface area contributed by atoms with Gasteiger partial charge >= 0.3 is 5.97 Å². The van der Waals surface area contributed by atoms with Crippen molar-refractivity contribution in [2.24, 2.45) is 0 Å². The molecule has 4 rings (SSSR count). The Labute approximate surface area is 192 Å². The normalized spacial score (nSPS) is 16.5. The van der Waals surface area contributed by atoms with E-state index < -0.39 is 0 Å². The van der Waals surface area contributed by atoms with E-state index in [2.05, 4.69) is 4.90 Å². The minimum absolute atomic E-state index is 0.0538. The zero-order valence-electron chi connectivity index (χ0n) is 18.3. The van der Waals surface area contributed by atoms with Crippen LogP contribution in [0.15, 0.2) is 53.3 Å². The number of esters is 1. The standard InChI is InChI=1S/C25H28ClN3O3/c1-32-24(30)9-5-15-28-14-4-6-20(28)17-29-25(31)22-8-3-2-7-21(22)23(27-29)16-18-10-12-19(26)13-11-18/h2-3,7-8,10-13,20H,4-6,9,14-17H2,1H3/t20-/m1/s1. The fraction of sp³-hybridized carbons (Fsp3) is 0.400. The quantitative estimate of drug-likeness (QED) is 0.481. The zero-order valence-corrected chi connectivity index (χ0v) is 19.1. The van der Waals surface area contributed by atoms with Gasteiger partial charge in [-0.05, 0) is 56.1 Å². The number of aromatic nitrogens is 2. The molecule has 1 aliphatic rings. The SMILES string of the molecule is COC(=O)CCCN1CCC[C@@H]1Cn1nc(Cc2ccc(Cl)cc2)c2ccccc2c1=O. The average molecular weight is 454 g/mol. The highest BCUT2D eigenvalue weighted by molar-refractivity contribution is 6.30. The van der Waals surface area contributed by atoms with Crippen molar-refractivity contribution in [2.45, 2.75) is 44.7 Å². The van der Waals surface area contributed by atoms with Gasteiger partial charge in [-0.25, -0.2) is 4.68 Å². The van der Waals surface area contributed by atoms with Crippen LogP contribution in [0.2, 0.25) is 5.02 Å². The second-order valence-corrected chi connectivity index (χ2v) is 8.73. The number of carbonyl (C=O) groups is 1. The summed E-state index contributed by atoms with van der Waals surface area (Å²) in [5.41, 5.74) is 1.93. The number of likely N-dealkylation sites (tertiary alicyclic amines) is 1. The maximum absolute atomic E-state index is 13.2. The number of fused-ring (bicyclic) bond motifs is 1. The second kappa shape index (κ2) is 10.3. The molecule has 0 aliphatic carbocycles. The smallest absolute Gasteiger partial charge is 0.305 e. The lowest BCUT2D eigenvalue weighted by atomic mass is 10.0. The molecule has 0 spiro atoms. The van der Waals surface area contributed by atoms with Crippen molar-refractivity contribution < 1.29 is 9.53 Å². The van der Waals surface area contributed by atoms with Crippen LogP contribution in [0.3, 0.4) is 0 Å². The van der Waals surface area contributed by atoms with Gasteiger partial charge in [-0.1, -0.05) is 41.9 Å². The summed E-state index contributed by atoms with van der Waals surface area (Å²) in [6.45, 7) is 2.35. The third-order valence-electron chi connectivity index (χ3n) is 6.17. The largest absolute Gasteiger partial charge is 0.469 e. The number of hydrogen-bond donors (Lipinski definition) is 0. The summed E-state index contributed by atoms with van der Waals surface area (Å²) in [6, 6.07) is 15.7. The fourth-order valence-corrected chi connectivity index (χ4v) is 4.61. The summed E-state index contributed by atoms with van der Waals surface area (Å²) in [7, 11) is 1.42. The number of rotatable bonds is 8. The molecule has 6 nitrogen and oxygen atoms in total. The summed E-state index contributed by atoms with van der Waals surface area (Å²) in [5.74, 6) is -0.181. The van der Waals surface area contributed by atoms with Crippen molar-refractivity contribution in [3.8, 4) is 0 Å². The molecule has 0 N–H and O–H groups in total. The van der Waals surface area contributed by atoms with Crippen molar-refractivity contribution in [3.05, 3.63) is 75.2 Å². The molecular formula is C25H28ClN3O3. The van der Waals surface area contributed by atoms with E-state index in [1.807, 2.05) is 48.5 Å². The first kappa shape index (κ1) is 22.5. The molecule has 7 heteroatoms. The van der Waals surface area contributed by atoms with Crippen molar-refractivity contribution >= 4 is 28.3 Å². The molecule has 2 aromatic carbocycles. The molecule has 3 aromatic rings. The maximum atomic E-state index is 13.2. The van der Waals surface area contributed by atoms with Crippen LogP contribution in [0.5, 0.6) is 0 Å². The zero-order chi connectivity index (χ0) is 22.5. The third kappa shape index (κ3) is 5.19. The van der Waals surface area contributed by atoms with Gasteiger partial charge in [0.25, 0.3) is 5.56 Å². The van der Waals surface area contributed by atoms with Gasteiger partial charge in [0, 0.05) is 29.3 Å². The van der Waals surface area contributed by atoms with Crippen LogP contribution in [0, 0.1) is 0 Å². The van der Waals surface area contributed by atoms with Crippen molar-refractivity contribution in [1.29, 1.82) is 0 Å². The van der Waals surface area contributed by atoms with E-state index in [0.717, 1.165) is 49.0 Å². The Bertz CT molecular complexity index is 1140. The summed E-state index contributed by atoms with van der Waals surface area (Å²) in [4.78, 5) is 27.0. The van der Waals surface area contributed by atoms with Crippen molar-refractivity contribution in [1.82, 2.24) is 14.7 Å². The summed E-state index contributed by atoms with van der Waals surface area (Å²) < 4.78 is 6.38. The number of halogens is 1.